The summed E-state index contributed by atoms with van der Waals surface area (Å²) < 4.78 is 0. The molecule has 0 bridgehead atoms. The van der Waals surface area contributed by atoms with Gasteiger partial charge in [-0.2, -0.15) is 0 Å². The van der Waals surface area contributed by atoms with Gasteiger partial charge < -0.3 is 10.6 Å². The van der Waals surface area contributed by atoms with Crippen molar-refractivity contribution in [2.24, 2.45) is 5.92 Å². The molecule has 2 N–H and O–H groups in total. The second kappa shape index (κ2) is 6.40. The third-order valence-corrected chi connectivity index (χ3v) is 4.16. The minimum absolute atomic E-state index is 0.0571. The number of anilines is 1. The van der Waals surface area contributed by atoms with Gasteiger partial charge in [0.25, 0.3) is 0 Å². The molecule has 1 aliphatic rings. The minimum Gasteiger partial charge on any atom is -0.324 e. The first kappa shape index (κ1) is 15.0. The van der Waals surface area contributed by atoms with Crippen LogP contribution >= 0.6 is 0 Å². The third-order valence-electron chi connectivity index (χ3n) is 4.16. The van der Waals surface area contributed by atoms with E-state index in [4.69, 9.17) is 0 Å². The quantitative estimate of drug-likeness (QED) is 0.886. The van der Waals surface area contributed by atoms with Crippen LogP contribution in [0.5, 0.6) is 0 Å². The van der Waals surface area contributed by atoms with Crippen LogP contribution in [-0.4, -0.2) is 18.5 Å². The van der Waals surface area contributed by atoms with Crippen molar-refractivity contribution in [2.45, 2.75) is 52.5 Å². The van der Waals surface area contributed by atoms with Crippen LogP contribution in [-0.2, 0) is 4.79 Å². The molecule has 1 heterocycles. The van der Waals surface area contributed by atoms with Crippen LogP contribution in [0.25, 0.3) is 0 Å². The molecule has 0 aromatic heterocycles. The second-order valence-corrected chi connectivity index (χ2v) is 6.32. The number of carbonyl (C=O) groups excluding carboxylic acids is 1. The second-order valence-electron chi connectivity index (χ2n) is 6.32. The summed E-state index contributed by atoms with van der Waals surface area (Å²) in [5, 5.41) is 6.47. The van der Waals surface area contributed by atoms with Crippen LogP contribution < -0.4 is 10.6 Å². The monoisotopic (exact) mass is 274 g/mol. The van der Waals surface area contributed by atoms with E-state index in [9.17, 15) is 4.79 Å². The van der Waals surface area contributed by atoms with Crippen molar-refractivity contribution in [3.05, 3.63) is 29.3 Å². The average Bonchev–Trinajstić information content (AvgIpc) is 2.40. The molecule has 1 amide bonds. The van der Waals surface area contributed by atoms with E-state index < -0.39 is 0 Å². The van der Waals surface area contributed by atoms with Gasteiger partial charge in [-0.05, 0) is 49.3 Å². The average molecular weight is 274 g/mol. The number of amides is 1. The number of nitrogens with one attached hydrogen (secondary N) is 2. The Hall–Kier alpha value is -1.35. The lowest BCUT2D eigenvalue weighted by molar-refractivity contribution is -0.119. The third kappa shape index (κ3) is 3.40. The number of aryl methyl sites for hydroxylation is 1. The molecule has 110 valence electrons. The summed E-state index contributed by atoms with van der Waals surface area (Å²) in [6.45, 7) is 9.52. The van der Waals surface area contributed by atoms with E-state index in [1.807, 2.05) is 0 Å². The first-order valence-electron chi connectivity index (χ1n) is 7.62. The number of benzene rings is 1. The number of carbonyl (C=O) groups is 1. The fourth-order valence-corrected chi connectivity index (χ4v) is 2.86. The van der Waals surface area contributed by atoms with Crippen LogP contribution in [0.2, 0.25) is 0 Å². The van der Waals surface area contributed by atoms with Crippen LogP contribution in [0.4, 0.5) is 5.69 Å². The molecule has 0 saturated carbocycles. The summed E-state index contributed by atoms with van der Waals surface area (Å²) in [5.74, 6) is 1.13. The molecule has 3 nitrogen and oxygen atoms in total. The number of hydrogen-bond donors (Lipinski definition) is 2. The number of para-hydroxylation sites is 1. The molecule has 1 saturated heterocycles. The largest absolute Gasteiger partial charge is 0.324 e. The molecular weight excluding hydrogens is 248 g/mol. The Balaban J connectivity index is 2.15. The zero-order chi connectivity index (χ0) is 14.7. The molecule has 3 heteroatoms. The molecule has 0 radical (unpaired) electrons. The van der Waals surface area contributed by atoms with Gasteiger partial charge in [0.05, 0.1) is 6.04 Å². The lowest BCUT2D eigenvalue weighted by atomic mass is 9.93. The fourth-order valence-electron chi connectivity index (χ4n) is 2.86. The molecule has 1 aromatic rings. The molecule has 2 rings (SSSR count). The summed E-state index contributed by atoms with van der Waals surface area (Å²) >= 11 is 0. The normalized spacial score (nSPS) is 22.9. The van der Waals surface area contributed by atoms with Gasteiger partial charge in [-0.25, -0.2) is 0 Å². The molecule has 2 atom stereocenters. The maximum Gasteiger partial charge on any atom is 0.241 e. The highest BCUT2D eigenvalue weighted by Gasteiger charge is 2.25. The maximum absolute atomic E-state index is 12.5. The van der Waals surface area contributed by atoms with Crippen LogP contribution in [0.1, 0.15) is 50.7 Å². The minimum atomic E-state index is -0.0571. The van der Waals surface area contributed by atoms with E-state index in [1.54, 1.807) is 0 Å². The van der Waals surface area contributed by atoms with Gasteiger partial charge in [0.2, 0.25) is 5.91 Å². The Morgan fingerprint density at radius 1 is 1.40 bits per heavy atom. The van der Waals surface area contributed by atoms with Crippen molar-refractivity contribution in [3.8, 4) is 0 Å². The van der Waals surface area contributed by atoms with E-state index in [2.05, 4.69) is 56.5 Å². The van der Waals surface area contributed by atoms with E-state index in [0.29, 0.717) is 11.8 Å². The van der Waals surface area contributed by atoms with Gasteiger partial charge in [0, 0.05) is 5.69 Å². The van der Waals surface area contributed by atoms with Crippen LogP contribution in [0, 0.1) is 12.8 Å². The molecule has 1 aromatic carbocycles. The lowest BCUT2D eigenvalue weighted by Gasteiger charge is -2.28. The Morgan fingerprint density at radius 3 is 2.80 bits per heavy atom. The lowest BCUT2D eigenvalue weighted by Crippen LogP contribution is -2.45. The highest BCUT2D eigenvalue weighted by molar-refractivity contribution is 5.96. The SMILES string of the molecule is Cc1cccc(C(C)C)c1NC(=O)C1CC(C)CCN1. The predicted octanol–water partition coefficient (Wildman–Crippen LogP) is 3.45. The first-order chi connectivity index (χ1) is 9.49. The van der Waals surface area contributed by atoms with Crippen LogP contribution in [0.3, 0.4) is 0 Å². The van der Waals surface area contributed by atoms with Crippen LogP contribution in [0.15, 0.2) is 18.2 Å². The number of hydrogen-bond acceptors (Lipinski definition) is 2. The van der Waals surface area contributed by atoms with Gasteiger partial charge in [0.15, 0.2) is 0 Å². The zero-order valence-corrected chi connectivity index (χ0v) is 13.0. The van der Waals surface area contributed by atoms with E-state index in [1.165, 1.54) is 5.56 Å². The molecule has 2 unspecified atom stereocenters. The summed E-state index contributed by atoms with van der Waals surface area (Å²) in [6, 6.07) is 6.16. The summed E-state index contributed by atoms with van der Waals surface area (Å²) in [7, 11) is 0. The van der Waals surface area contributed by atoms with E-state index in [0.717, 1.165) is 30.6 Å². The zero-order valence-electron chi connectivity index (χ0n) is 13.0. The van der Waals surface area contributed by atoms with Gasteiger partial charge >= 0.3 is 0 Å². The van der Waals surface area contributed by atoms with E-state index >= 15 is 0 Å². The topological polar surface area (TPSA) is 41.1 Å². The molecule has 20 heavy (non-hydrogen) atoms. The Morgan fingerprint density at radius 2 is 2.15 bits per heavy atom. The van der Waals surface area contributed by atoms with Crippen molar-refractivity contribution in [1.29, 1.82) is 0 Å². The maximum atomic E-state index is 12.5. The smallest absolute Gasteiger partial charge is 0.241 e. The van der Waals surface area contributed by atoms with Gasteiger partial charge in [-0.3, -0.25) is 4.79 Å². The Bertz CT molecular complexity index is 482. The molecule has 1 aliphatic heterocycles. The van der Waals surface area contributed by atoms with Crippen molar-refractivity contribution in [3.63, 3.8) is 0 Å². The number of rotatable bonds is 3. The summed E-state index contributed by atoms with van der Waals surface area (Å²) in [5.41, 5.74) is 3.34. The fraction of sp³-hybridized carbons (Fsp3) is 0.588. The highest BCUT2D eigenvalue weighted by Crippen LogP contribution is 2.28. The van der Waals surface area contributed by atoms with Crippen molar-refractivity contribution >= 4 is 11.6 Å². The molecule has 0 aliphatic carbocycles. The first-order valence-corrected chi connectivity index (χ1v) is 7.62. The van der Waals surface area contributed by atoms with E-state index in [-0.39, 0.29) is 11.9 Å². The Kier molecular flexibility index (Phi) is 4.81. The van der Waals surface area contributed by atoms with Crippen molar-refractivity contribution in [1.82, 2.24) is 5.32 Å². The standard InChI is InChI=1S/C17H26N2O/c1-11(2)14-7-5-6-13(4)16(14)19-17(20)15-10-12(3)8-9-18-15/h5-7,11-12,15,18H,8-10H2,1-4H3,(H,19,20). The molecular formula is C17H26N2O. The Labute approximate surface area is 122 Å². The van der Waals surface area contributed by atoms with Gasteiger partial charge in [-0.15, -0.1) is 0 Å². The van der Waals surface area contributed by atoms with Crippen molar-refractivity contribution < 1.29 is 4.79 Å². The summed E-state index contributed by atoms with van der Waals surface area (Å²) in [4.78, 5) is 12.5. The predicted molar refractivity (Wildman–Crippen MR) is 84.1 cm³/mol. The molecule has 0 spiro atoms. The summed E-state index contributed by atoms with van der Waals surface area (Å²) in [6.07, 6.45) is 2.08. The van der Waals surface area contributed by atoms with Gasteiger partial charge in [-0.1, -0.05) is 39.0 Å². The molecule has 1 fully saturated rings. The number of piperidine rings is 1. The highest BCUT2D eigenvalue weighted by atomic mass is 16.2. The van der Waals surface area contributed by atoms with Gasteiger partial charge in [0.1, 0.15) is 0 Å². The van der Waals surface area contributed by atoms with Crippen molar-refractivity contribution in [2.75, 3.05) is 11.9 Å².